The van der Waals surface area contributed by atoms with Gasteiger partial charge in [-0.2, -0.15) is 0 Å². The van der Waals surface area contributed by atoms with Crippen molar-refractivity contribution in [2.75, 3.05) is 11.9 Å². The molecule has 0 saturated carbocycles. The van der Waals surface area contributed by atoms with Crippen molar-refractivity contribution in [3.05, 3.63) is 36.1 Å². The number of nitrogens with one attached hydrogen (secondary N) is 2. The van der Waals surface area contributed by atoms with E-state index in [0.29, 0.717) is 5.69 Å². The van der Waals surface area contributed by atoms with Gasteiger partial charge in [0.05, 0.1) is 5.52 Å². The number of hydrogen-bond acceptors (Lipinski definition) is 2. The molecule has 0 bridgehead atoms. The molecule has 0 unspecified atom stereocenters. The van der Waals surface area contributed by atoms with Crippen LogP contribution in [-0.4, -0.2) is 11.5 Å². The van der Waals surface area contributed by atoms with Crippen LogP contribution in [0.1, 0.15) is 6.92 Å². The topological polar surface area (TPSA) is 48.7 Å². The van der Waals surface area contributed by atoms with Crippen molar-refractivity contribution >= 4 is 22.4 Å². The third-order valence-corrected chi connectivity index (χ3v) is 2.09. The van der Waals surface area contributed by atoms with Crippen LogP contribution in [-0.2, 0) is 0 Å². The molecule has 0 radical (unpaired) electrons. The van der Waals surface area contributed by atoms with Crippen molar-refractivity contribution in [1.82, 2.24) is 4.98 Å². The average Bonchev–Trinajstić information content (AvgIpc) is 2.18. The Morgan fingerprint density at radius 3 is 2.80 bits per heavy atom. The number of anilines is 1. The van der Waals surface area contributed by atoms with E-state index >= 15 is 0 Å². The Morgan fingerprint density at radius 2 is 2.07 bits per heavy atom. The molecule has 2 aromatic rings. The monoisotopic (exact) mass is 271 g/mol. The van der Waals surface area contributed by atoms with Crippen LogP contribution >= 0.6 is 0 Å². The van der Waals surface area contributed by atoms with Crippen LogP contribution in [0.15, 0.2) is 30.3 Å². The van der Waals surface area contributed by atoms with E-state index in [0.717, 1.165) is 23.3 Å². The number of pyridine rings is 1. The van der Waals surface area contributed by atoms with E-state index in [9.17, 15) is 0 Å². The van der Waals surface area contributed by atoms with E-state index in [2.05, 4.69) is 10.3 Å². The van der Waals surface area contributed by atoms with Gasteiger partial charge in [-0.1, -0.05) is 18.2 Å². The van der Waals surface area contributed by atoms with Gasteiger partial charge in [-0.15, -0.1) is 5.69 Å². The Kier molecular flexibility index (Phi) is 5.19. The van der Waals surface area contributed by atoms with Gasteiger partial charge >= 0.3 is 58.2 Å². The maximum absolute atomic E-state index is 7.68. The summed E-state index contributed by atoms with van der Waals surface area (Å²) in [5.74, 6) is 0.866. The normalized spacial score (nSPS) is 9.67. The molecule has 1 heterocycles. The summed E-state index contributed by atoms with van der Waals surface area (Å²) in [5.41, 5.74) is 9.07. The van der Waals surface area contributed by atoms with E-state index in [-0.39, 0.29) is 58.2 Å². The second kappa shape index (κ2) is 5.94. The van der Waals surface area contributed by atoms with Crippen molar-refractivity contribution < 1.29 is 58.2 Å². The zero-order valence-electron chi connectivity index (χ0n) is 9.04. The van der Waals surface area contributed by atoms with Gasteiger partial charge in [-0.3, -0.25) is 0 Å². The summed E-state index contributed by atoms with van der Waals surface area (Å²) in [6, 6.07) is 9.39. The molecule has 2 rings (SSSR count). The molecular weight excluding hydrogens is 260 g/mol. The van der Waals surface area contributed by atoms with Crippen LogP contribution in [0.5, 0.6) is 0 Å². The Morgan fingerprint density at radius 1 is 1.27 bits per heavy atom. The predicted octanol–water partition coefficient (Wildman–Crippen LogP) is 0.354. The second-order valence-corrected chi connectivity index (χ2v) is 3.10. The van der Waals surface area contributed by atoms with Gasteiger partial charge in [-0.05, 0) is 24.4 Å². The van der Waals surface area contributed by atoms with Gasteiger partial charge in [-0.25, -0.2) is 4.98 Å². The maximum Gasteiger partial charge on any atom is 1.00 e. The zero-order chi connectivity index (χ0) is 9.97. The van der Waals surface area contributed by atoms with Gasteiger partial charge in [0, 0.05) is 6.54 Å². The van der Waals surface area contributed by atoms with Crippen LogP contribution in [0.2, 0.25) is 0 Å². The summed E-state index contributed by atoms with van der Waals surface area (Å²) in [7, 11) is 0. The van der Waals surface area contributed by atoms with Crippen LogP contribution in [0, 0.1) is 0 Å². The number of aromatic nitrogens is 1. The molecule has 0 atom stereocenters. The smallest absolute Gasteiger partial charge is 0.698 e. The van der Waals surface area contributed by atoms with E-state index < -0.39 is 0 Å². The molecule has 15 heavy (non-hydrogen) atoms. The van der Waals surface area contributed by atoms with E-state index in [1.54, 1.807) is 6.07 Å². The first-order chi connectivity index (χ1) is 6.81. The fourth-order valence-electron chi connectivity index (χ4n) is 1.43. The van der Waals surface area contributed by atoms with Gasteiger partial charge in [0.25, 0.3) is 0 Å². The molecule has 2 N–H and O–H groups in total. The first-order valence-corrected chi connectivity index (χ1v) is 4.66. The molecular formula is C11H12N3Rb. The third kappa shape index (κ3) is 3.00. The van der Waals surface area contributed by atoms with Crippen molar-refractivity contribution in [3.63, 3.8) is 0 Å². The molecule has 0 aliphatic rings. The number of hydrogen-bond donors (Lipinski definition) is 1. The number of rotatable bonds is 2. The second-order valence-electron chi connectivity index (χ2n) is 3.10. The Labute approximate surface area is 138 Å². The SMILES string of the molecule is CCNc1ccc2c([NH-])cccc2n1.[Rb+]. The summed E-state index contributed by atoms with van der Waals surface area (Å²) in [5, 5.41) is 4.04. The minimum Gasteiger partial charge on any atom is -0.698 e. The number of nitrogens with zero attached hydrogens (tertiary/aromatic N) is 1. The van der Waals surface area contributed by atoms with Gasteiger partial charge in [0.2, 0.25) is 0 Å². The Bertz CT molecular complexity index is 457. The molecule has 1 aromatic heterocycles. The predicted molar refractivity (Wildman–Crippen MR) is 59.9 cm³/mol. The first kappa shape index (κ1) is 13.1. The standard InChI is InChI=1S/C11H12N3.Rb/c1-2-13-11-7-6-8-9(12)4-3-5-10(8)14-11;/h3-7,12H,2H2,1H3,(H,13,14);/q-1;+1. The van der Waals surface area contributed by atoms with Crippen molar-refractivity contribution in [1.29, 1.82) is 0 Å². The van der Waals surface area contributed by atoms with Crippen LogP contribution in [0.3, 0.4) is 0 Å². The summed E-state index contributed by atoms with van der Waals surface area (Å²) in [6.45, 7) is 2.89. The van der Waals surface area contributed by atoms with E-state index in [4.69, 9.17) is 5.73 Å². The van der Waals surface area contributed by atoms with E-state index in [1.807, 2.05) is 31.2 Å². The molecule has 4 heteroatoms. The molecule has 3 nitrogen and oxygen atoms in total. The number of benzene rings is 1. The largest absolute Gasteiger partial charge is 1.00 e. The van der Waals surface area contributed by atoms with Crippen LogP contribution in [0.25, 0.3) is 16.6 Å². The molecule has 72 valence electrons. The Balaban J connectivity index is 0.00000112. The molecule has 0 aliphatic heterocycles. The quantitative estimate of drug-likeness (QED) is 0.857. The fourth-order valence-corrected chi connectivity index (χ4v) is 1.43. The molecule has 0 fully saturated rings. The van der Waals surface area contributed by atoms with Gasteiger partial charge < -0.3 is 11.1 Å². The minimum absolute atomic E-state index is 0. The van der Waals surface area contributed by atoms with Crippen molar-refractivity contribution in [3.8, 4) is 0 Å². The summed E-state index contributed by atoms with van der Waals surface area (Å²) < 4.78 is 0. The average molecular weight is 272 g/mol. The zero-order valence-corrected chi connectivity index (χ0v) is 14.0. The maximum atomic E-state index is 7.68. The van der Waals surface area contributed by atoms with Gasteiger partial charge in [0.15, 0.2) is 0 Å². The van der Waals surface area contributed by atoms with Gasteiger partial charge in [0.1, 0.15) is 5.82 Å². The van der Waals surface area contributed by atoms with Crippen molar-refractivity contribution in [2.45, 2.75) is 6.92 Å². The molecule has 0 spiro atoms. The third-order valence-electron chi connectivity index (χ3n) is 2.09. The molecule has 1 aromatic carbocycles. The first-order valence-electron chi connectivity index (χ1n) is 4.66. The summed E-state index contributed by atoms with van der Waals surface area (Å²) in [6.07, 6.45) is 0. The molecule has 0 aliphatic carbocycles. The minimum atomic E-state index is 0. The van der Waals surface area contributed by atoms with E-state index in [1.165, 1.54) is 0 Å². The summed E-state index contributed by atoms with van der Waals surface area (Å²) in [4.78, 5) is 4.39. The van der Waals surface area contributed by atoms with Crippen LogP contribution < -0.4 is 63.5 Å². The van der Waals surface area contributed by atoms with Crippen molar-refractivity contribution in [2.24, 2.45) is 0 Å². The van der Waals surface area contributed by atoms with Crippen LogP contribution in [0.4, 0.5) is 11.5 Å². The summed E-state index contributed by atoms with van der Waals surface area (Å²) >= 11 is 0. The Hall–Kier alpha value is 0.0352. The molecule has 0 saturated heterocycles. The fraction of sp³-hybridized carbons (Fsp3) is 0.182. The number of fused-ring (bicyclic) bond motifs is 1. The molecule has 0 amide bonds.